The Morgan fingerprint density at radius 1 is 1.15 bits per heavy atom. The smallest absolute Gasteiger partial charge is 0.410 e. The van der Waals surface area contributed by atoms with Crippen LogP contribution in [0.1, 0.15) is 43.4 Å². The van der Waals surface area contributed by atoms with E-state index in [0.717, 1.165) is 12.0 Å². The highest BCUT2D eigenvalue weighted by Crippen LogP contribution is 2.26. The topological polar surface area (TPSA) is 90.4 Å². The Hall–Kier alpha value is -2.83. The van der Waals surface area contributed by atoms with E-state index in [1.54, 1.807) is 4.90 Å². The first-order valence-corrected chi connectivity index (χ1v) is 8.69. The van der Waals surface area contributed by atoms with Crippen molar-refractivity contribution in [3.05, 3.63) is 41.7 Å². The highest BCUT2D eigenvalue weighted by Gasteiger charge is 2.29. The minimum atomic E-state index is -0.595. The number of amides is 2. The maximum atomic E-state index is 12.5. The molecule has 1 aliphatic rings. The summed E-state index contributed by atoms with van der Waals surface area (Å²) >= 11 is 0. The van der Waals surface area contributed by atoms with Gasteiger partial charge in [0.25, 0.3) is 5.91 Å². The van der Waals surface area contributed by atoms with E-state index < -0.39 is 17.6 Å². The summed E-state index contributed by atoms with van der Waals surface area (Å²) in [5, 5.41) is 0. The second-order valence-corrected chi connectivity index (χ2v) is 7.37. The van der Waals surface area contributed by atoms with Crippen molar-refractivity contribution >= 4 is 12.0 Å². The number of benzene rings is 1. The Bertz CT molecular complexity index is 821. The molecule has 0 radical (unpaired) electrons. The van der Waals surface area contributed by atoms with Crippen LogP contribution in [0.15, 0.2) is 30.3 Å². The van der Waals surface area contributed by atoms with E-state index in [4.69, 9.17) is 10.5 Å². The van der Waals surface area contributed by atoms with E-state index in [1.165, 1.54) is 0 Å². The van der Waals surface area contributed by atoms with Crippen LogP contribution in [-0.2, 0) is 17.8 Å². The van der Waals surface area contributed by atoms with Crippen LogP contribution in [0, 0.1) is 0 Å². The SMILES string of the molecule is CC(C)(C)OC(=O)N1CCCn2c(-c3ccccc3)nc(C(N)=O)c2C1. The number of carbonyl (C=O) groups excluding carboxylic acids is 2. The average molecular weight is 356 g/mol. The van der Waals surface area contributed by atoms with Crippen LogP contribution >= 0.6 is 0 Å². The highest BCUT2D eigenvalue weighted by molar-refractivity contribution is 5.93. The van der Waals surface area contributed by atoms with Crippen molar-refractivity contribution < 1.29 is 14.3 Å². The lowest BCUT2D eigenvalue weighted by molar-refractivity contribution is 0.0235. The van der Waals surface area contributed by atoms with E-state index in [9.17, 15) is 9.59 Å². The molecule has 2 heterocycles. The molecule has 138 valence electrons. The van der Waals surface area contributed by atoms with Crippen molar-refractivity contribution in [3.63, 3.8) is 0 Å². The van der Waals surface area contributed by atoms with Crippen LogP contribution in [0.3, 0.4) is 0 Å². The second-order valence-electron chi connectivity index (χ2n) is 7.37. The van der Waals surface area contributed by atoms with Gasteiger partial charge in [-0.15, -0.1) is 0 Å². The zero-order valence-corrected chi connectivity index (χ0v) is 15.4. The van der Waals surface area contributed by atoms with Crippen molar-refractivity contribution in [1.29, 1.82) is 0 Å². The molecular formula is C19H24N4O3. The fraction of sp³-hybridized carbons (Fsp3) is 0.421. The molecule has 0 saturated carbocycles. The predicted molar refractivity (Wildman–Crippen MR) is 97.4 cm³/mol. The van der Waals surface area contributed by atoms with Crippen molar-refractivity contribution in [1.82, 2.24) is 14.5 Å². The normalized spacial score (nSPS) is 14.5. The number of carbonyl (C=O) groups is 2. The zero-order chi connectivity index (χ0) is 18.9. The molecule has 0 atom stereocenters. The molecule has 2 amide bonds. The van der Waals surface area contributed by atoms with E-state index in [1.807, 2.05) is 55.7 Å². The fourth-order valence-corrected chi connectivity index (χ4v) is 3.05. The number of fused-ring (bicyclic) bond motifs is 1. The van der Waals surface area contributed by atoms with Crippen LogP contribution in [0.25, 0.3) is 11.4 Å². The molecule has 0 aliphatic carbocycles. The lowest BCUT2D eigenvalue weighted by Gasteiger charge is -2.26. The third-order valence-electron chi connectivity index (χ3n) is 4.14. The van der Waals surface area contributed by atoms with Crippen molar-refractivity contribution in [2.45, 2.75) is 45.9 Å². The number of nitrogens with two attached hydrogens (primary N) is 1. The number of imidazole rings is 1. The maximum Gasteiger partial charge on any atom is 0.410 e. The quantitative estimate of drug-likeness (QED) is 0.896. The maximum absolute atomic E-state index is 12.5. The Labute approximate surface area is 152 Å². The van der Waals surface area contributed by atoms with Gasteiger partial charge >= 0.3 is 6.09 Å². The third kappa shape index (κ3) is 3.71. The summed E-state index contributed by atoms with van der Waals surface area (Å²) < 4.78 is 7.47. The van der Waals surface area contributed by atoms with Gasteiger partial charge in [0.1, 0.15) is 11.4 Å². The van der Waals surface area contributed by atoms with Crippen LogP contribution in [0.2, 0.25) is 0 Å². The molecule has 2 N–H and O–H groups in total. The minimum Gasteiger partial charge on any atom is -0.444 e. The van der Waals surface area contributed by atoms with E-state index in [2.05, 4.69) is 4.98 Å². The van der Waals surface area contributed by atoms with Gasteiger partial charge in [-0.1, -0.05) is 30.3 Å². The monoisotopic (exact) mass is 356 g/mol. The van der Waals surface area contributed by atoms with Crippen molar-refractivity contribution in [2.24, 2.45) is 5.73 Å². The minimum absolute atomic E-state index is 0.208. The molecule has 3 rings (SSSR count). The van der Waals surface area contributed by atoms with Gasteiger partial charge in [-0.05, 0) is 27.2 Å². The first kappa shape index (κ1) is 18.0. The summed E-state index contributed by atoms with van der Waals surface area (Å²) in [4.78, 5) is 30.5. The number of hydrogen-bond donors (Lipinski definition) is 1. The summed E-state index contributed by atoms with van der Waals surface area (Å²) in [6.45, 7) is 6.93. The standard InChI is InChI=1S/C19H24N4O3/c1-19(2,3)26-18(25)22-10-7-11-23-14(12-22)15(16(20)24)21-17(23)13-8-5-4-6-9-13/h4-6,8-9H,7,10-12H2,1-3H3,(H2,20,24). The molecule has 0 saturated heterocycles. The second kappa shape index (κ2) is 6.82. The first-order valence-electron chi connectivity index (χ1n) is 8.69. The average Bonchev–Trinajstić information content (AvgIpc) is 2.78. The van der Waals surface area contributed by atoms with Gasteiger partial charge in [0.2, 0.25) is 0 Å². The van der Waals surface area contributed by atoms with E-state index in [-0.39, 0.29) is 12.2 Å². The Balaban J connectivity index is 1.99. The summed E-state index contributed by atoms with van der Waals surface area (Å²) in [6.07, 6.45) is 0.338. The van der Waals surface area contributed by atoms with Gasteiger partial charge in [0, 0.05) is 18.7 Å². The predicted octanol–water partition coefficient (Wildman–Crippen LogP) is 2.79. The molecule has 1 aromatic carbocycles. The van der Waals surface area contributed by atoms with Gasteiger partial charge in [-0.3, -0.25) is 4.79 Å². The lowest BCUT2D eigenvalue weighted by atomic mass is 10.2. The molecule has 0 fully saturated rings. The molecule has 0 spiro atoms. The van der Waals surface area contributed by atoms with E-state index in [0.29, 0.717) is 24.6 Å². The van der Waals surface area contributed by atoms with Crippen LogP contribution in [0.5, 0.6) is 0 Å². The van der Waals surface area contributed by atoms with Crippen LogP contribution < -0.4 is 5.73 Å². The number of rotatable bonds is 2. The zero-order valence-electron chi connectivity index (χ0n) is 15.4. The molecule has 26 heavy (non-hydrogen) atoms. The van der Waals surface area contributed by atoms with Crippen molar-refractivity contribution in [2.75, 3.05) is 6.54 Å². The number of nitrogens with zero attached hydrogens (tertiary/aromatic N) is 3. The lowest BCUT2D eigenvalue weighted by Crippen LogP contribution is -2.37. The number of hydrogen-bond acceptors (Lipinski definition) is 4. The van der Waals surface area contributed by atoms with Crippen LogP contribution in [0.4, 0.5) is 4.79 Å². The van der Waals surface area contributed by atoms with Gasteiger partial charge in [-0.25, -0.2) is 9.78 Å². The van der Waals surface area contributed by atoms with Gasteiger partial charge < -0.3 is 19.9 Å². The van der Waals surface area contributed by atoms with Gasteiger partial charge in [0.05, 0.1) is 12.2 Å². The van der Waals surface area contributed by atoms with Gasteiger partial charge in [0.15, 0.2) is 5.69 Å². The van der Waals surface area contributed by atoms with Crippen LogP contribution in [-0.4, -0.2) is 38.6 Å². The fourth-order valence-electron chi connectivity index (χ4n) is 3.05. The number of aromatic nitrogens is 2. The number of ether oxygens (including phenoxy) is 1. The summed E-state index contributed by atoms with van der Waals surface area (Å²) in [6, 6.07) is 9.65. The molecular weight excluding hydrogens is 332 g/mol. The molecule has 7 nitrogen and oxygen atoms in total. The molecule has 0 bridgehead atoms. The van der Waals surface area contributed by atoms with Gasteiger partial charge in [-0.2, -0.15) is 0 Å². The molecule has 2 aromatic rings. The highest BCUT2D eigenvalue weighted by atomic mass is 16.6. The molecule has 7 heteroatoms. The largest absolute Gasteiger partial charge is 0.444 e. The first-order chi connectivity index (χ1) is 12.3. The summed E-state index contributed by atoms with van der Waals surface area (Å²) in [5.74, 6) is 0.0995. The molecule has 1 aliphatic heterocycles. The Kier molecular flexibility index (Phi) is 4.71. The number of primary amides is 1. The van der Waals surface area contributed by atoms with E-state index >= 15 is 0 Å². The molecule has 1 aromatic heterocycles. The Morgan fingerprint density at radius 2 is 1.85 bits per heavy atom. The summed E-state index contributed by atoms with van der Waals surface area (Å²) in [7, 11) is 0. The third-order valence-corrected chi connectivity index (χ3v) is 4.14. The van der Waals surface area contributed by atoms with Crippen molar-refractivity contribution in [3.8, 4) is 11.4 Å². The Morgan fingerprint density at radius 3 is 2.46 bits per heavy atom. The summed E-state index contributed by atoms with van der Waals surface area (Å²) in [5.41, 5.74) is 6.75. The molecule has 0 unspecified atom stereocenters.